The number of halogens is 1. The molecule has 0 radical (unpaired) electrons. The summed E-state index contributed by atoms with van der Waals surface area (Å²) in [6.45, 7) is 4.99. The molecule has 0 spiro atoms. The maximum absolute atomic E-state index is 6.26. The van der Waals surface area contributed by atoms with Gasteiger partial charge < -0.3 is 10.1 Å². The van der Waals surface area contributed by atoms with Crippen LogP contribution in [0.1, 0.15) is 36.2 Å². The van der Waals surface area contributed by atoms with Crippen molar-refractivity contribution in [2.24, 2.45) is 0 Å². The summed E-state index contributed by atoms with van der Waals surface area (Å²) >= 11 is 6.26. The number of rotatable bonds is 6. The number of benzene rings is 1. The number of ether oxygens (including phenoxy) is 1. The highest BCUT2D eigenvalue weighted by molar-refractivity contribution is 6.31. The molecule has 1 aromatic heterocycles. The molecule has 2 rings (SSSR count). The van der Waals surface area contributed by atoms with Gasteiger partial charge in [-0.3, -0.25) is 4.98 Å². The van der Waals surface area contributed by atoms with E-state index in [1.165, 1.54) is 0 Å². The number of nitrogens with one attached hydrogen (secondary N) is 1. The Kier molecular flexibility index (Phi) is 5.53. The smallest absolute Gasteiger partial charge is 0.237 e. The van der Waals surface area contributed by atoms with Crippen LogP contribution >= 0.6 is 11.6 Å². The van der Waals surface area contributed by atoms with E-state index in [9.17, 15) is 0 Å². The Bertz CT molecular complexity index is 604. The van der Waals surface area contributed by atoms with E-state index in [1.807, 2.05) is 19.1 Å². The minimum Gasteiger partial charge on any atom is -0.480 e. The number of hydrogen-bond donors (Lipinski definition) is 1. The third kappa shape index (κ3) is 3.71. The summed E-state index contributed by atoms with van der Waals surface area (Å²) < 4.78 is 5.34. The zero-order chi connectivity index (χ0) is 15.2. The van der Waals surface area contributed by atoms with E-state index in [-0.39, 0.29) is 6.04 Å². The molecule has 0 fully saturated rings. The molecule has 5 heteroatoms. The van der Waals surface area contributed by atoms with Crippen LogP contribution in [0, 0.1) is 6.92 Å². The summed E-state index contributed by atoms with van der Waals surface area (Å²) in [6.07, 6.45) is 4.33. The van der Waals surface area contributed by atoms with E-state index in [0.717, 1.165) is 34.8 Å². The first-order chi connectivity index (χ1) is 10.2. The quantitative estimate of drug-likeness (QED) is 0.887. The lowest BCUT2D eigenvalue weighted by atomic mass is 10.0. The third-order valence-electron chi connectivity index (χ3n) is 3.29. The Morgan fingerprint density at radius 1 is 1.29 bits per heavy atom. The molecule has 1 N–H and O–H groups in total. The maximum Gasteiger partial charge on any atom is 0.237 e. The first-order valence-electron chi connectivity index (χ1n) is 7.01. The Hall–Kier alpha value is -1.65. The molecule has 0 aliphatic heterocycles. The summed E-state index contributed by atoms with van der Waals surface area (Å²) in [7, 11) is 1.60. The third-order valence-corrected chi connectivity index (χ3v) is 3.69. The Morgan fingerprint density at radius 3 is 2.71 bits per heavy atom. The van der Waals surface area contributed by atoms with E-state index in [4.69, 9.17) is 16.3 Å². The zero-order valence-electron chi connectivity index (χ0n) is 12.6. The molecule has 0 saturated heterocycles. The summed E-state index contributed by atoms with van der Waals surface area (Å²) in [5.74, 6) is 0.530. The number of aryl methyl sites for hydroxylation is 1. The lowest BCUT2D eigenvalue weighted by molar-refractivity contribution is 0.382. The number of hydrogen-bond acceptors (Lipinski definition) is 4. The van der Waals surface area contributed by atoms with Gasteiger partial charge in [-0.2, -0.15) is 0 Å². The Balaban J connectivity index is 2.44. The van der Waals surface area contributed by atoms with Gasteiger partial charge in [-0.15, -0.1) is 0 Å². The molecule has 1 aromatic carbocycles. The van der Waals surface area contributed by atoms with Crippen molar-refractivity contribution < 1.29 is 4.74 Å². The molecule has 21 heavy (non-hydrogen) atoms. The fourth-order valence-corrected chi connectivity index (χ4v) is 2.33. The fraction of sp³-hybridized carbons (Fsp3) is 0.375. The van der Waals surface area contributed by atoms with Crippen molar-refractivity contribution in [3.05, 3.63) is 52.4 Å². The van der Waals surface area contributed by atoms with Crippen LogP contribution in [0.2, 0.25) is 5.02 Å². The molecule has 1 atom stereocenters. The van der Waals surface area contributed by atoms with Crippen molar-refractivity contribution in [2.75, 3.05) is 13.7 Å². The van der Waals surface area contributed by atoms with Crippen LogP contribution in [0.15, 0.2) is 30.6 Å². The molecular weight excluding hydrogens is 286 g/mol. The van der Waals surface area contributed by atoms with E-state index < -0.39 is 0 Å². The Labute approximate surface area is 130 Å². The van der Waals surface area contributed by atoms with Gasteiger partial charge in [-0.25, -0.2) is 4.98 Å². The molecule has 0 aliphatic rings. The van der Waals surface area contributed by atoms with Gasteiger partial charge in [-0.1, -0.05) is 30.7 Å². The molecule has 2 aromatic rings. The predicted octanol–water partition coefficient (Wildman–Crippen LogP) is 3.54. The molecule has 0 amide bonds. The minimum absolute atomic E-state index is 0.0910. The number of aromatic nitrogens is 2. The van der Waals surface area contributed by atoms with Crippen molar-refractivity contribution in [3.63, 3.8) is 0 Å². The number of methoxy groups -OCH3 is 1. The van der Waals surface area contributed by atoms with Gasteiger partial charge in [0.2, 0.25) is 5.88 Å². The van der Waals surface area contributed by atoms with E-state index in [1.54, 1.807) is 19.5 Å². The van der Waals surface area contributed by atoms with Crippen molar-refractivity contribution in [3.8, 4) is 5.88 Å². The van der Waals surface area contributed by atoms with Gasteiger partial charge in [0.1, 0.15) is 5.69 Å². The van der Waals surface area contributed by atoms with Crippen molar-refractivity contribution >= 4 is 11.6 Å². The van der Waals surface area contributed by atoms with Crippen LogP contribution in [0.3, 0.4) is 0 Å². The predicted molar refractivity (Wildman–Crippen MR) is 84.9 cm³/mol. The lowest BCUT2D eigenvalue weighted by Gasteiger charge is -2.20. The second kappa shape index (κ2) is 7.38. The van der Waals surface area contributed by atoms with Gasteiger partial charge in [-0.05, 0) is 37.1 Å². The van der Waals surface area contributed by atoms with Crippen LogP contribution < -0.4 is 10.1 Å². The maximum atomic E-state index is 6.26. The first kappa shape index (κ1) is 15.7. The summed E-state index contributed by atoms with van der Waals surface area (Å²) in [5, 5.41) is 4.23. The highest BCUT2D eigenvalue weighted by Crippen LogP contribution is 2.29. The molecular formula is C16H20ClN3O. The van der Waals surface area contributed by atoms with Gasteiger partial charge >= 0.3 is 0 Å². The molecule has 112 valence electrons. The van der Waals surface area contributed by atoms with Crippen LogP contribution in [0.25, 0.3) is 0 Å². The molecule has 1 unspecified atom stereocenters. The van der Waals surface area contributed by atoms with Crippen LogP contribution in [-0.4, -0.2) is 23.6 Å². The van der Waals surface area contributed by atoms with Crippen molar-refractivity contribution in [1.29, 1.82) is 0 Å². The van der Waals surface area contributed by atoms with Crippen molar-refractivity contribution in [2.45, 2.75) is 26.3 Å². The molecule has 0 aliphatic carbocycles. The van der Waals surface area contributed by atoms with Crippen LogP contribution in [0.5, 0.6) is 5.88 Å². The summed E-state index contributed by atoms with van der Waals surface area (Å²) in [6, 6.07) is 5.95. The highest BCUT2D eigenvalue weighted by Gasteiger charge is 2.20. The number of nitrogens with zero attached hydrogens (tertiary/aromatic N) is 2. The highest BCUT2D eigenvalue weighted by atomic mass is 35.5. The van der Waals surface area contributed by atoms with E-state index in [2.05, 4.69) is 28.3 Å². The van der Waals surface area contributed by atoms with Gasteiger partial charge in [0, 0.05) is 17.4 Å². The molecule has 4 nitrogen and oxygen atoms in total. The van der Waals surface area contributed by atoms with Gasteiger partial charge in [0.25, 0.3) is 0 Å². The first-order valence-corrected chi connectivity index (χ1v) is 7.39. The summed E-state index contributed by atoms with van der Waals surface area (Å²) in [4.78, 5) is 8.67. The molecule has 1 heterocycles. The average molecular weight is 306 g/mol. The van der Waals surface area contributed by atoms with Gasteiger partial charge in [0.15, 0.2) is 0 Å². The topological polar surface area (TPSA) is 47.0 Å². The molecule has 0 bridgehead atoms. The lowest BCUT2D eigenvalue weighted by Crippen LogP contribution is -2.25. The van der Waals surface area contributed by atoms with E-state index in [0.29, 0.717) is 5.88 Å². The Morgan fingerprint density at radius 2 is 2.05 bits per heavy atom. The standard InChI is InChI=1S/C16H20ClN3O/c1-4-7-18-14(12-6-5-11(2)13(17)10-12)15-16(21-3)20-9-8-19-15/h5-6,8-10,14,18H,4,7H2,1-3H3. The monoisotopic (exact) mass is 305 g/mol. The normalized spacial score (nSPS) is 12.2. The van der Waals surface area contributed by atoms with Crippen molar-refractivity contribution in [1.82, 2.24) is 15.3 Å². The van der Waals surface area contributed by atoms with E-state index >= 15 is 0 Å². The second-order valence-electron chi connectivity index (χ2n) is 4.85. The SMILES string of the molecule is CCCNC(c1ccc(C)c(Cl)c1)c1nccnc1OC. The largest absolute Gasteiger partial charge is 0.480 e. The zero-order valence-corrected chi connectivity index (χ0v) is 13.3. The molecule has 0 saturated carbocycles. The minimum atomic E-state index is -0.0910. The van der Waals surface area contributed by atoms with Crippen LogP contribution in [-0.2, 0) is 0 Å². The average Bonchev–Trinajstić information content (AvgIpc) is 2.51. The second-order valence-corrected chi connectivity index (χ2v) is 5.25. The summed E-state index contributed by atoms with van der Waals surface area (Å²) in [5.41, 5.74) is 2.88. The van der Waals surface area contributed by atoms with Crippen LogP contribution in [0.4, 0.5) is 0 Å². The van der Waals surface area contributed by atoms with Gasteiger partial charge in [0.05, 0.1) is 13.2 Å². The fourth-order valence-electron chi connectivity index (χ4n) is 2.14.